The van der Waals surface area contributed by atoms with Gasteiger partial charge in [-0.25, -0.2) is 9.82 Å². The number of rotatable bonds is 7. The third-order valence-corrected chi connectivity index (χ3v) is 3.11. The molecule has 0 radical (unpaired) electrons. The van der Waals surface area contributed by atoms with E-state index in [1.807, 2.05) is 0 Å². The second-order valence-corrected chi connectivity index (χ2v) is 5.18. The summed E-state index contributed by atoms with van der Waals surface area (Å²) in [6.07, 6.45) is 1.45. The van der Waals surface area contributed by atoms with Crippen molar-refractivity contribution in [2.75, 3.05) is 19.0 Å². The lowest BCUT2D eigenvalue weighted by atomic mass is 10.2. The Morgan fingerprint density at radius 3 is 2.54 bits per heavy atom. The highest BCUT2D eigenvalue weighted by Crippen LogP contribution is 2.27. The van der Waals surface area contributed by atoms with Crippen molar-refractivity contribution in [3.05, 3.63) is 53.8 Å². The van der Waals surface area contributed by atoms with Crippen LogP contribution in [0.4, 0.5) is 10.1 Å². The summed E-state index contributed by atoms with van der Waals surface area (Å²) in [6, 6.07) is 10.4. The number of amides is 2. The van der Waals surface area contributed by atoms with Crippen molar-refractivity contribution in [2.45, 2.75) is 6.92 Å². The third-order valence-electron chi connectivity index (χ3n) is 3.11. The highest BCUT2D eigenvalue weighted by molar-refractivity contribution is 5.91. The van der Waals surface area contributed by atoms with Crippen LogP contribution in [0.5, 0.6) is 11.5 Å². The highest BCUT2D eigenvalue weighted by atomic mass is 19.1. The van der Waals surface area contributed by atoms with E-state index < -0.39 is 5.91 Å². The number of hydrazone groups is 1. The Morgan fingerprint density at radius 2 is 1.88 bits per heavy atom. The van der Waals surface area contributed by atoms with Gasteiger partial charge in [0.15, 0.2) is 18.1 Å². The SMILES string of the molecule is COc1cc(C=NNC(C)=O)ccc1OCC(=O)Nc1ccc(F)cc1. The number of carbonyl (C=O) groups is 2. The number of ether oxygens (including phenoxy) is 2. The van der Waals surface area contributed by atoms with Crippen LogP contribution in [0.15, 0.2) is 47.6 Å². The average molecular weight is 359 g/mol. The molecule has 0 aliphatic carbocycles. The molecule has 0 saturated heterocycles. The molecule has 0 heterocycles. The van der Waals surface area contributed by atoms with Crippen LogP contribution in [0.2, 0.25) is 0 Å². The van der Waals surface area contributed by atoms with Crippen molar-refractivity contribution >= 4 is 23.7 Å². The normalized spacial score (nSPS) is 10.4. The molecular weight excluding hydrogens is 341 g/mol. The van der Waals surface area contributed by atoms with Gasteiger partial charge in [-0.05, 0) is 48.0 Å². The summed E-state index contributed by atoms with van der Waals surface area (Å²) in [6.45, 7) is 1.11. The quantitative estimate of drug-likeness (QED) is 0.586. The maximum Gasteiger partial charge on any atom is 0.262 e. The van der Waals surface area contributed by atoms with Gasteiger partial charge in [-0.3, -0.25) is 9.59 Å². The predicted octanol–water partition coefficient (Wildman–Crippen LogP) is 2.32. The van der Waals surface area contributed by atoms with Gasteiger partial charge in [-0.15, -0.1) is 0 Å². The topological polar surface area (TPSA) is 89.0 Å². The summed E-state index contributed by atoms with van der Waals surface area (Å²) in [4.78, 5) is 22.7. The number of anilines is 1. The number of halogens is 1. The number of methoxy groups -OCH3 is 1. The van der Waals surface area contributed by atoms with Crippen molar-refractivity contribution in [3.63, 3.8) is 0 Å². The van der Waals surface area contributed by atoms with Gasteiger partial charge in [0, 0.05) is 12.6 Å². The second kappa shape index (κ2) is 9.16. The van der Waals surface area contributed by atoms with Crippen molar-refractivity contribution < 1.29 is 23.5 Å². The molecule has 0 atom stereocenters. The van der Waals surface area contributed by atoms with Crippen LogP contribution < -0.4 is 20.2 Å². The first-order chi connectivity index (χ1) is 12.5. The minimum atomic E-state index is -0.394. The number of benzene rings is 2. The molecule has 0 aromatic heterocycles. The van der Waals surface area contributed by atoms with E-state index in [4.69, 9.17) is 9.47 Å². The van der Waals surface area contributed by atoms with Crippen LogP contribution in [-0.4, -0.2) is 31.7 Å². The van der Waals surface area contributed by atoms with Crippen LogP contribution in [0.3, 0.4) is 0 Å². The highest BCUT2D eigenvalue weighted by Gasteiger charge is 2.09. The van der Waals surface area contributed by atoms with Gasteiger partial charge >= 0.3 is 0 Å². The number of hydrogen-bond donors (Lipinski definition) is 2. The lowest BCUT2D eigenvalue weighted by molar-refractivity contribution is -0.119. The molecule has 0 unspecified atom stereocenters. The lowest BCUT2D eigenvalue weighted by Crippen LogP contribution is -2.20. The molecule has 2 aromatic rings. The summed E-state index contributed by atoms with van der Waals surface area (Å²) in [7, 11) is 1.47. The van der Waals surface area contributed by atoms with E-state index in [2.05, 4.69) is 15.8 Å². The zero-order valence-corrected chi connectivity index (χ0v) is 14.3. The molecule has 2 amide bonds. The van der Waals surface area contributed by atoms with Crippen molar-refractivity contribution in [3.8, 4) is 11.5 Å². The smallest absolute Gasteiger partial charge is 0.262 e. The number of nitrogens with one attached hydrogen (secondary N) is 2. The maximum atomic E-state index is 12.8. The van der Waals surface area contributed by atoms with Gasteiger partial charge in [-0.2, -0.15) is 5.10 Å². The molecule has 0 aliphatic rings. The molecule has 2 N–H and O–H groups in total. The summed E-state index contributed by atoms with van der Waals surface area (Å²) >= 11 is 0. The van der Waals surface area contributed by atoms with Crippen LogP contribution in [0.1, 0.15) is 12.5 Å². The number of carbonyl (C=O) groups excluding carboxylic acids is 2. The van der Waals surface area contributed by atoms with Crippen molar-refractivity contribution in [1.29, 1.82) is 0 Å². The maximum absolute atomic E-state index is 12.8. The molecule has 2 aromatic carbocycles. The standard InChI is InChI=1S/C18H18FN3O4/c1-12(23)22-20-10-13-3-8-16(17(9-13)25-2)26-11-18(24)21-15-6-4-14(19)5-7-15/h3-10H,11H2,1-2H3,(H,21,24)(H,22,23). The van der Waals surface area contributed by atoms with Gasteiger partial charge < -0.3 is 14.8 Å². The molecule has 26 heavy (non-hydrogen) atoms. The molecule has 136 valence electrons. The summed E-state index contributed by atoms with van der Waals surface area (Å²) in [5.41, 5.74) is 3.44. The van der Waals surface area contributed by atoms with E-state index in [1.54, 1.807) is 18.2 Å². The Kier molecular flexibility index (Phi) is 6.67. The molecule has 0 spiro atoms. The number of hydrogen-bond acceptors (Lipinski definition) is 5. The van der Waals surface area contributed by atoms with Crippen LogP contribution >= 0.6 is 0 Å². The molecule has 0 bridgehead atoms. The fraction of sp³-hybridized carbons (Fsp3) is 0.167. The molecule has 7 nitrogen and oxygen atoms in total. The number of nitrogens with zero attached hydrogens (tertiary/aromatic N) is 1. The molecule has 0 saturated carbocycles. The van der Waals surface area contributed by atoms with E-state index in [0.717, 1.165) is 0 Å². The Bertz CT molecular complexity index is 807. The third kappa shape index (κ3) is 5.90. The summed E-state index contributed by atoms with van der Waals surface area (Å²) in [5, 5.41) is 6.36. The Labute approximate surface area is 149 Å². The Balaban J connectivity index is 1.95. The Morgan fingerprint density at radius 1 is 1.15 bits per heavy atom. The zero-order valence-electron chi connectivity index (χ0n) is 14.3. The van der Waals surface area contributed by atoms with E-state index in [0.29, 0.717) is 22.7 Å². The second-order valence-electron chi connectivity index (χ2n) is 5.18. The molecule has 0 fully saturated rings. The summed E-state index contributed by atoms with van der Waals surface area (Å²) in [5.74, 6) is -0.272. The molecule has 0 aliphatic heterocycles. The minimum absolute atomic E-state index is 0.243. The molecule has 8 heteroatoms. The molecule has 2 rings (SSSR count). The van der Waals surface area contributed by atoms with E-state index in [-0.39, 0.29) is 18.3 Å². The average Bonchev–Trinajstić information content (AvgIpc) is 2.62. The van der Waals surface area contributed by atoms with Crippen LogP contribution in [0, 0.1) is 5.82 Å². The first-order valence-corrected chi connectivity index (χ1v) is 7.64. The zero-order chi connectivity index (χ0) is 18.9. The minimum Gasteiger partial charge on any atom is -0.493 e. The van der Waals surface area contributed by atoms with Gasteiger partial charge in [0.05, 0.1) is 13.3 Å². The first-order valence-electron chi connectivity index (χ1n) is 7.64. The predicted molar refractivity (Wildman–Crippen MR) is 94.9 cm³/mol. The van der Waals surface area contributed by atoms with Crippen LogP contribution in [-0.2, 0) is 9.59 Å². The van der Waals surface area contributed by atoms with Gasteiger partial charge in [0.25, 0.3) is 5.91 Å². The fourth-order valence-corrected chi connectivity index (χ4v) is 1.96. The van der Waals surface area contributed by atoms with E-state index >= 15 is 0 Å². The van der Waals surface area contributed by atoms with Crippen molar-refractivity contribution in [2.24, 2.45) is 5.10 Å². The molecular formula is C18H18FN3O4. The Hall–Kier alpha value is -3.42. The lowest BCUT2D eigenvalue weighted by Gasteiger charge is -2.11. The van der Waals surface area contributed by atoms with Gasteiger partial charge in [-0.1, -0.05) is 0 Å². The van der Waals surface area contributed by atoms with Crippen molar-refractivity contribution in [1.82, 2.24) is 5.43 Å². The first kappa shape index (κ1) is 18.9. The fourth-order valence-electron chi connectivity index (χ4n) is 1.96. The van der Waals surface area contributed by atoms with Gasteiger partial charge in [0.1, 0.15) is 5.82 Å². The van der Waals surface area contributed by atoms with E-state index in [1.165, 1.54) is 44.5 Å². The largest absolute Gasteiger partial charge is 0.493 e. The summed E-state index contributed by atoms with van der Waals surface area (Å²) < 4.78 is 23.5. The van der Waals surface area contributed by atoms with Gasteiger partial charge in [0.2, 0.25) is 5.91 Å². The van der Waals surface area contributed by atoms with E-state index in [9.17, 15) is 14.0 Å². The monoisotopic (exact) mass is 359 g/mol. The van der Waals surface area contributed by atoms with Crippen LogP contribution in [0.25, 0.3) is 0 Å².